The molecule has 0 aliphatic rings. The quantitative estimate of drug-likeness (QED) is 0.836. The van der Waals surface area contributed by atoms with Gasteiger partial charge in [-0.05, 0) is 37.1 Å². The lowest BCUT2D eigenvalue weighted by molar-refractivity contribution is 0.211. The fourth-order valence-electron chi connectivity index (χ4n) is 1.25. The average molecular weight is 293 g/mol. The topological polar surface area (TPSA) is 32.3 Å². The first-order valence-corrected chi connectivity index (χ1v) is 6.12. The molecule has 1 aromatic carbocycles. The molecule has 0 aromatic heterocycles. The lowest BCUT2D eigenvalue weighted by Gasteiger charge is -2.13. The van der Waals surface area contributed by atoms with Gasteiger partial charge in [0, 0.05) is 16.7 Å². The van der Waals surface area contributed by atoms with Gasteiger partial charge in [0.15, 0.2) is 0 Å². The number of halogens is 2. The number of anilines is 1. The van der Waals surface area contributed by atoms with Crippen molar-refractivity contribution in [3.63, 3.8) is 0 Å². The number of aliphatic hydroxyl groups excluding tert-OH is 1. The van der Waals surface area contributed by atoms with Gasteiger partial charge in [-0.3, -0.25) is 0 Å². The van der Waals surface area contributed by atoms with E-state index in [2.05, 4.69) is 33.4 Å². The maximum absolute atomic E-state index is 9.33. The number of alkyl halides is 1. The zero-order valence-corrected chi connectivity index (χ0v) is 11.2. The fraction of sp³-hybridized carbons (Fsp3) is 0.455. The molecule has 2 nitrogen and oxygen atoms in total. The number of hydrogen-bond acceptors (Lipinski definition) is 2. The molecule has 0 aliphatic heterocycles. The van der Waals surface area contributed by atoms with Gasteiger partial charge in [-0.25, -0.2) is 0 Å². The van der Waals surface area contributed by atoms with Crippen molar-refractivity contribution in [2.45, 2.75) is 20.0 Å². The van der Waals surface area contributed by atoms with E-state index in [0.717, 1.165) is 15.7 Å². The van der Waals surface area contributed by atoms with Crippen LogP contribution in [0.1, 0.15) is 11.1 Å². The summed E-state index contributed by atoms with van der Waals surface area (Å²) in [5.74, 6) is 0.252. The van der Waals surface area contributed by atoms with E-state index in [0.29, 0.717) is 6.54 Å². The van der Waals surface area contributed by atoms with E-state index < -0.39 is 6.10 Å². The minimum absolute atomic E-state index is 0.252. The maximum Gasteiger partial charge on any atom is 0.0847 e. The van der Waals surface area contributed by atoms with Crippen LogP contribution in [-0.2, 0) is 0 Å². The van der Waals surface area contributed by atoms with Crippen molar-refractivity contribution in [3.8, 4) is 0 Å². The molecular weight excluding hydrogens is 277 g/mol. The predicted octanol–water partition coefficient (Wildman–Crippen LogP) is 3.08. The Morgan fingerprint density at radius 1 is 1.40 bits per heavy atom. The Kier molecular flexibility index (Phi) is 4.90. The summed E-state index contributed by atoms with van der Waals surface area (Å²) < 4.78 is 1.10. The van der Waals surface area contributed by atoms with Gasteiger partial charge in [-0.2, -0.15) is 0 Å². The third-order valence-corrected chi connectivity index (χ3v) is 3.42. The SMILES string of the molecule is Cc1cc(NCC(O)CCl)c(C)cc1Br. The fourth-order valence-corrected chi connectivity index (χ4v) is 1.82. The summed E-state index contributed by atoms with van der Waals surface area (Å²) in [5.41, 5.74) is 3.36. The Balaban J connectivity index is 2.73. The van der Waals surface area contributed by atoms with Crippen LogP contribution in [0.25, 0.3) is 0 Å². The van der Waals surface area contributed by atoms with Crippen LogP contribution in [0.15, 0.2) is 16.6 Å². The summed E-state index contributed by atoms with van der Waals surface area (Å²) in [6.45, 7) is 4.54. The molecule has 0 heterocycles. The number of nitrogens with one attached hydrogen (secondary N) is 1. The first kappa shape index (κ1) is 12.8. The van der Waals surface area contributed by atoms with E-state index in [1.807, 2.05) is 13.8 Å². The van der Waals surface area contributed by atoms with Gasteiger partial charge in [0.2, 0.25) is 0 Å². The molecule has 0 spiro atoms. The molecule has 1 rings (SSSR count). The van der Waals surface area contributed by atoms with Crippen LogP contribution in [0.2, 0.25) is 0 Å². The van der Waals surface area contributed by atoms with Crippen LogP contribution in [0, 0.1) is 13.8 Å². The Morgan fingerprint density at radius 2 is 2.07 bits per heavy atom. The van der Waals surface area contributed by atoms with Crippen molar-refractivity contribution in [2.24, 2.45) is 0 Å². The molecule has 1 aromatic rings. The van der Waals surface area contributed by atoms with Crippen LogP contribution in [0.5, 0.6) is 0 Å². The zero-order valence-electron chi connectivity index (χ0n) is 8.85. The summed E-state index contributed by atoms with van der Waals surface area (Å²) in [4.78, 5) is 0. The predicted molar refractivity (Wildman–Crippen MR) is 68.8 cm³/mol. The standard InChI is InChI=1S/C11H15BrClNO/c1-7-4-11(8(2)3-10(7)12)14-6-9(15)5-13/h3-4,9,14-15H,5-6H2,1-2H3. The monoisotopic (exact) mass is 291 g/mol. The molecule has 0 bridgehead atoms. The van der Waals surface area contributed by atoms with Gasteiger partial charge >= 0.3 is 0 Å². The van der Waals surface area contributed by atoms with Gasteiger partial charge in [0.25, 0.3) is 0 Å². The molecule has 84 valence electrons. The van der Waals surface area contributed by atoms with Gasteiger partial charge in [0.1, 0.15) is 0 Å². The number of aliphatic hydroxyl groups is 1. The summed E-state index contributed by atoms with van der Waals surface area (Å²) in [7, 11) is 0. The van der Waals surface area contributed by atoms with Crippen molar-refractivity contribution in [3.05, 3.63) is 27.7 Å². The van der Waals surface area contributed by atoms with Crippen LogP contribution < -0.4 is 5.32 Å². The zero-order chi connectivity index (χ0) is 11.4. The van der Waals surface area contributed by atoms with E-state index in [-0.39, 0.29) is 5.88 Å². The molecule has 0 aliphatic carbocycles. The number of rotatable bonds is 4. The van der Waals surface area contributed by atoms with Crippen molar-refractivity contribution in [2.75, 3.05) is 17.7 Å². The molecule has 4 heteroatoms. The second-order valence-corrected chi connectivity index (χ2v) is 4.77. The molecule has 0 amide bonds. The second-order valence-electron chi connectivity index (χ2n) is 3.61. The average Bonchev–Trinajstić information content (AvgIpc) is 2.21. The molecule has 0 saturated heterocycles. The first-order valence-electron chi connectivity index (χ1n) is 4.79. The minimum Gasteiger partial charge on any atom is -0.390 e. The smallest absolute Gasteiger partial charge is 0.0847 e. The minimum atomic E-state index is -0.505. The number of hydrogen-bond donors (Lipinski definition) is 2. The molecule has 0 radical (unpaired) electrons. The van der Waals surface area contributed by atoms with Crippen LogP contribution in [0.4, 0.5) is 5.69 Å². The van der Waals surface area contributed by atoms with Gasteiger partial charge < -0.3 is 10.4 Å². The third-order valence-electron chi connectivity index (χ3n) is 2.21. The van der Waals surface area contributed by atoms with E-state index in [9.17, 15) is 5.11 Å². The van der Waals surface area contributed by atoms with Gasteiger partial charge in [0.05, 0.1) is 12.0 Å². The van der Waals surface area contributed by atoms with Crippen molar-refractivity contribution < 1.29 is 5.11 Å². The van der Waals surface area contributed by atoms with E-state index in [1.165, 1.54) is 5.56 Å². The number of aryl methyl sites for hydroxylation is 2. The van der Waals surface area contributed by atoms with Crippen LogP contribution >= 0.6 is 27.5 Å². The Morgan fingerprint density at radius 3 is 2.67 bits per heavy atom. The Bertz CT molecular complexity index is 344. The highest BCUT2D eigenvalue weighted by atomic mass is 79.9. The van der Waals surface area contributed by atoms with Crippen molar-refractivity contribution >= 4 is 33.2 Å². The highest BCUT2D eigenvalue weighted by Gasteiger charge is 2.05. The lowest BCUT2D eigenvalue weighted by Crippen LogP contribution is -2.21. The first-order chi connectivity index (χ1) is 7.04. The molecule has 15 heavy (non-hydrogen) atoms. The molecule has 1 atom stereocenters. The largest absolute Gasteiger partial charge is 0.390 e. The lowest BCUT2D eigenvalue weighted by atomic mass is 10.1. The van der Waals surface area contributed by atoms with E-state index >= 15 is 0 Å². The summed E-state index contributed by atoms with van der Waals surface area (Å²) in [5, 5.41) is 12.5. The third kappa shape index (κ3) is 3.67. The summed E-state index contributed by atoms with van der Waals surface area (Å²) in [6.07, 6.45) is -0.505. The van der Waals surface area contributed by atoms with Crippen LogP contribution in [0.3, 0.4) is 0 Å². The maximum atomic E-state index is 9.33. The van der Waals surface area contributed by atoms with Crippen LogP contribution in [-0.4, -0.2) is 23.6 Å². The molecule has 1 unspecified atom stereocenters. The highest BCUT2D eigenvalue weighted by molar-refractivity contribution is 9.10. The van der Waals surface area contributed by atoms with Crippen molar-refractivity contribution in [1.82, 2.24) is 0 Å². The van der Waals surface area contributed by atoms with Gasteiger partial charge in [-0.15, -0.1) is 11.6 Å². The highest BCUT2D eigenvalue weighted by Crippen LogP contribution is 2.24. The Hall–Kier alpha value is -0.250. The summed E-state index contributed by atoms with van der Waals surface area (Å²) >= 11 is 8.99. The molecular formula is C11H15BrClNO. The summed E-state index contributed by atoms with van der Waals surface area (Å²) in [6, 6.07) is 4.12. The Labute approximate surface area is 104 Å². The molecule has 2 N–H and O–H groups in total. The second kappa shape index (κ2) is 5.73. The van der Waals surface area contributed by atoms with E-state index in [4.69, 9.17) is 11.6 Å². The number of benzene rings is 1. The van der Waals surface area contributed by atoms with Crippen molar-refractivity contribution in [1.29, 1.82) is 0 Å². The van der Waals surface area contributed by atoms with E-state index in [1.54, 1.807) is 0 Å². The molecule has 0 fully saturated rings. The van der Waals surface area contributed by atoms with Gasteiger partial charge in [-0.1, -0.05) is 15.9 Å². The molecule has 0 saturated carbocycles. The normalized spacial score (nSPS) is 12.6.